The van der Waals surface area contributed by atoms with E-state index in [4.69, 9.17) is 14.2 Å². The molecule has 2 fully saturated rings. The molecule has 3 rings (SSSR count). The summed E-state index contributed by atoms with van der Waals surface area (Å²) in [6.07, 6.45) is 3.80. The molecule has 25 heavy (non-hydrogen) atoms. The number of morpholine rings is 1. The monoisotopic (exact) mass is 347 g/mol. The van der Waals surface area contributed by atoms with Crippen molar-refractivity contribution in [3.05, 3.63) is 29.8 Å². The van der Waals surface area contributed by atoms with E-state index in [1.54, 1.807) is 0 Å². The quantitative estimate of drug-likeness (QED) is 0.535. The number of carbonyl (C=O) groups is 1. The van der Waals surface area contributed by atoms with Gasteiger partial charge in [-0.1, -0.05) is 12.1 Å². The molecule has 1 aromatic rings. The van der Waals surface area contributed by atoms with E-state index in [1.165, 1.54) is 0 Å². The zero-order chi connectivity index (χ0) is 17.3. The summed E-state index contributed by atoms with van der Waals surface area (Å²) in [5.41, 5.74) is 0.762. The minimum absolute atomic E-state index is 0.0949. The van der Waals surface area contributed by atoms with Gasteiger partial charge in [-0.25, -0.2) is 0 Å². The van der Waals surface area contributed by atoms with Crippen LogP contribution in [-0.2, 0) is 9.47 Å². The van der Waals surface area contributed by atoms with Gasteiger partial charge in [0.05, 0.1) is 19.8 Å². The number of ketones is 1. The maximum Gasteiger partial charge on any atom is 0.166 e. The number of benzene rings is 1. The van der Waals surface area contributed by atoms with Gasteiger partial charge in [0.2, 0.25) is 0 Å². The Morgan fingerprint density at radius 3 is 2.64 bits per heavy atom. The molecule has 0 aromatic heterocycles. The molecule has 0 amide bonds. The summed E-state index contributed by atoms with van der Waals surface area (Å²) in [4.78, 5) is 15.0. The maximum atomic E-state index is 12.6. The smallest absolute Gasteiger partial charge is 0.166 e. The second kappa shape index (κ2) is 9.90. The molecule has 138 valence electrons. The summed E-state index contributed by atoms with van der Waals surface area (Å²) in [7, 11) is 0. The van der Waals surface area contributed by atoms with Crippen LogP contribution in [0, 0.1) is 5.92 Å². The SMILES string of the molecule is O=C(c1cccc(OCCCCN2CCOCC2)c1)C1CCOCC1. The highest BCUT2D eigenvalue weighted by atomic mass is 16.5. The Morgan fingerprint density at radius 1 is 1.08 bits per heavy atom. The van der Waals surface area contributed by atoms with E-state index in [0.717, 1.165) is 69.8 Å². The number of unbranched alkanes of at least 4 members (excludes halogenated alkanes) is 1. The first-order valence-electron chi connectivity index (χ1n) is 9.48. The predicted molar refractivity (Wildman–Crippen MR) is 96.3 cm³/mol. The third kappa shape index (κ3) is 5.80. The van der Waals surface area contributed by atoms with E-state index >= 15 is 0 Å². The molecule has 2 saturated heterocycles. The Kier molecular flexibility index (Phi) is 7.27. The molecule has 5 nitrogen and oxygen atoms in total. The predicted octanol–water partition coefficient (Wildman–Crippen LogP) is 2.79. The van der Waals surface area contributed by atoms with Gasteiger partial charge in [0, 0.05) is 37.8 Å². The van der Waals surface area contributed by atoms with Gasteiger partial charge in [-0.2, -0.15) is 0 Å². The Morgan fingerprint density at radius 2 is 1.84 bits per heavy atom. The second-order valence-electron chi connectivity index (χ2n) is 6.79. The van der Waals surface area contributed by atoms with Crippen LogP contribution in [0.2, 0.25) is 0 Å². The van der Waals surface area contributed by atoms with E-state index in [1.807, 2.05) is 24.3 Å². The minimum Gasteiger partial charge on any atom is -0.494 e. The number of carbonyl (C=O) groups excluding carboxylic acids is 1. The fourth-order valence-corrected chi connectivity index (χ4v) is 3.39. The number of nitrogens with zero attached hydrogens (tertiary/aromatic N) is 1. The summed E-state index contributed by atoms with van der Waals surface area (Å²) in [5, 5.41) is 0. The van der Waals surface area contributed by atoms with Crippen molar-refractivity contribution < 1.29 is 19.0 Å². The molecule has 0 saturated carbocycles. The Balaban J connectivity index is 1.39. The second-order valence-corrected chi connectivity index (χ2v) is 6.79. The van der Waals surface area contributed by atoms with Gasteiger partial charge in [0.1, 0.15) is 5.75 Å². The molecule has 5 heteroatoms. The van der Waals surface area contributed by atoms with E-state index in [0.29, 0.717) is 19.8 Å². The van der Waals surface area contributed by atoms with Crippen molar-refractivity contribution in [2.75, 3.05) is 52.7 Å². The highest BCUT2D eigenvalue weighted by molar-refractivity contribution is 5.98. The normalized spacial score (nSPS) is 19.7. The Hall–Kier alpha value is -1.43. The van der Waals surface area contributed by atoms with Crippen LogP contribution in [0.4, 0.5) is 0 Å². The van der Waals surface area contributed by atoms with Gasteiger partial charge in [-0.15, -0.1) is 0 Å². The number of hydrogen-bond donors (Lipinski definition) is 0. The summed E-state index contributed by atoms with van der Waals surface area (Å²) < 4.78 is 16.6. The Bertz CT molecular complexity index is 536. The largest absolute Gasteiger partial charge is 0.494 e. The van der Waals surface area contributed by atoms with Crippen molar-refractivity contribution in [1.29, 1.82) is 0 Å². The maximum absolute atomic E-state index is 12.6. The summed E-state index contributed by atoms with van der Waals surface area (Å²) in [6, 6.07) is 7.63. The van der Waals surface area contributed by atoms with Crippen LogP contribution in [0.5, 0.6) is 5.75 Å². The molecule has 0 bridgehead atoms. The van der Waals surface area contributed by atoms with Crippen LogP contribution in [0.15, 0.2) is 24.3 Å². The van der Waals surface area contributed by atoms with Crippen molar-refractivity contribution in [1.82, 2.24) is 4.90 Å². The zero-order valence-electron chi connectivity index (χ0n) is 15.0. The molecule has 0 radical (unpaired) electrons. The number of hydrogen-bond acceptors (Lipinski definition) is 5. The van der Waals surface area contributed by atoms with Crippen molar-refractivity contribution in [2.45, 2.75) is 25.7 Å². The molecule has 0 spiro atoms. The van der Waals surface area contributed by atoms with Crippen LogP contribution in [0.1, 0.15) is 36.0 Å². The van der Waals surface area contributed by atoms with Gasteiger partial charge in [0.25, 0.3) is 0 Å². The fraction of sp³-hybridized carbons (Fsp3) is 0.650. The van der Waals surface area contributed by atoms with Gasteiger partial charge in [-0.3, -0.25) is 9.69 Å². The van der Waals surface area contributed by atoms with Gasteiger partial charge in [-0.05, 0) is 44.4 Å². The molecule has 0 atom stereocenters. The summed E-state index contributed by atoms with van der Waals surface area (Å²) in [5.74, 6) is 1.11. The fourth-order valence-electron chi connectivity index (χ4n) is 3.39. The Labute approximate surface area is 150 Å². The first-order valence-corrected chi connectivity index (χ1v) is 9.48. The lowest BCUT2D eigenvalue weighted by Gasteiger charge is -2.26. The van der Waals surface area contributed by atoms with E-state index in [-0.39, 0.29) is 11.7 Å². The molecule has 0 unspecified atom stereocenters. The van der Waals surface area contributed by atoms with Crippen LogP contribution in [0.3, 0.4) is 0 Å². The molecular weight excluding hydrogens is 318 g/mol. The van der Waals surface area contributed by atoms with Gasteiger partial charge >= 0.3 is 0 Å². The van der Waals surface area contributed by atoms with Gasteiger partial charge < -0.3 is 14.2 Å². The van der Waals surface area contributed by atoms with Crippen LogP contribution in [-0.4, -0.2) is 63.4 Å². The third-order valence-electron chi connectivity index (χ3n) is 4.95. The molecule has 1 aromatic carbocycles. The molecular formula is C20H29NO4. The topological polar surface area (TPSA) is 48.0 Å². The average Bonchev–Trinajstić information content (AvgIpc) is 2.69. The molecule has 0 N–H and O–H groups in total. The average molecular weight is 347 g/mol. The molecule has 2 aliphatic heterocycles. The third-order valence-corrected chi connectivity index (χ3v) is 4.95. The number of ether oxygens (including phenoxy) is 3. The van der Waals surface area contributed by atoms with Gasteiger partial charge in [0.15, 0.2) is 5.78 Å². The molecule has 2 aliphatic rings. The zero-order valence-corrected chi connectivity index (χ0v) is 15.0. The van der Waals surface area contributed by atoms with Crippen LogP contribution < -0.4 is 4.74 Å². The highest BCUT2D eigenvalue weighted by Gasteiger charge is 2.22. The number of rotatable bonds is 8. The van der Waals surface area contributed by atoms with Crippen molar-refractivity contribution in [3.63, 3.8) is 0 Å². The lowest BCUT2D eigenvalue weighted by atomic mass is 9.91. The van der Waals surface area contributed by atoms with E-state index in [2.05, 4.69) is 4.90 Å². The van der Waals surface area contributed by atoms with Crippen molar-refractivity contribution in [2.24, 2.45) is 5.92 Å². The van der Waals surface area contributed by atoms with Crippen molar-refractivity contribution >= 4 is 5.78 Å². The van der Waals surface area contributed by atoms with E-state index < -0.39 is 0 Å². The standard InChI is InChI=1S/C20H29NO4/c22-20(17-6-12-23-13-7-17)18-4-3-5-19(16-18)25-11-2-1-8-21-9-14-24-15-10-21/h3-5,16-17H,1-2,6-15H2. The molecule has 0 aliphatic carbocycles. The first-order chi connectivity index (χ1) is 12.3. The summed E-state index contributed by atoms with van der Waals surface area (Å²) >= 11 is 0. The number of Topliss-reactive ketones (excluding diaryl/α,β-unsaturated/α-hetero) is 1. The van der Waals surface area contributed by atoms with Crippen LogP contribution >= 0.6 is 0 Å². The first kappa shape index (κ1) is 18.4. The van der Waals surface area contributed by atoms with Crippen molar-refractivity contribution in [3.8, 4) is 5.75 Å². The lowest BCUT2D eigenvalue weighted by Crippen LogP contribution is -2.36. The van der Waals surface area contributed by atoms with Crippen LogP contribution in [0.25, 0.3) is 0 Å². The minimum atomic E-state index is 0.0949. The van der Waals surface area contributed by atoms with E-state index in [9.17, 15) is 4.79 Å². The lowest BCUT2D eigenvalue weighted by molar-refractivity contribution is 0.0368. The summed E-state index contributed by atoms with van der Waals surface area (Å²) in [6.45, 7) is 6.96. The molecule has 2 heterocycles. The highest BCUT2D eigenvalue weighted by Crippen LogP contribution is 2.22.